The van der Waals surface area contributed by atoms with Gasteiger partial charge in [-0.15, -0.1) is 0 Å². The van der Waals surface area contributed by atoms with Crippen molar-refractivity contribution in [2.45, 2.75) is 44.3 Å². The van der Waals surface area contributed by atoms with Gasteiger partial charge in [0.05, 0.1) is 12.3 Å². The smallest absolute Gasteiger partial charge is 0.122 e. The van der Waals surface area contributed by atoms with Crippen molar-refractivity contribution in [2.24, 2.45) is 5.73 Å². The van der Waals surface area contributed by atoms with Crippen LogP contribution in [0.1, 0.15) is 38.0 Å². The monoisotopic (exact) mass is 263 g/mol. The maximum Gasteiger partial charge on any atom is 0.122 e. The first-order chi connectivity index (χ1) is 9.25. The van der Waals surface area contributed by atoms with E-state index in [0.717, 1.165) is 24.9 Å². The molecule has 3 unspecified atom stereocenters. The van der Waals surface area contributed by atoms with Gasteiger partial charge in [-0.3, -0.25) is 9.80 Å². The van der Waals surface area contributed by atoms with E-state index in [1.54, 1.807) is 6.26 Å². The lowest BCUT2D eigenvalue weighted by atomic mass is 10.0. The molecular weight excluding hydrogens is 238 g/mol. The van der Waals surface area contributed by atoms with E-state index in [-0.39, 0.29) is 12.1 Å². The molecule has 3 atom stereocenters. The van der Waals surface area contributed by atoms with Crippen LogP contribution in [-0.2, 0) is 0 Å². The molecule has 19 heavy (non-hydrogen) atoms. The summed E-state index contributed by atoms with van der Waals surface area (Å²) in [6, 6.07) is 5.06. The van der Waals surface area contributed by atoms with Gasteiger partial charge in [-0.1, -0.05) is 0 Å². The van der Waals surface area contributed by atoms with Crippen LogP contribution in [0.5, 0.6) is 0 Å². The van der Waals surface area contributed by atoms with Gasteiger partial charge in [0.1, 0.15) is 5.76 Å². The Balaban J connectivity index is 1.78. The molecule has 0 bridgehead atoms. The molecule has 3 rings (SSSR count). The number of nitrogens with two attached hydrogens (primary N) is 1. The summed E-state index contributed by atoms with van der Waals surface area (Å²) < 4.78 is 5.63. The number of fused-ring (bicyclic) bond motifs is 1. The largest absolute Gasteiger partial charge is 0.468 e. The average molecular weight is 263 g/mol. The molecule has 0 spiro atoms. The molecule has 0 aromatic carbocycles. The first kappa shape index (κ1) is 13.2. The molecule has 2 fully saturated rings. The van der Waals surface area contributed by atoms with Gasteiger partial charge in [0, 0.05) is 25.2 Å². The van der Waals surface area contributed by atoms with Gasteiger partial charge >= 0.3 is 0 Å². The fourth-order valence-electron chi connectivity index (χ4n) is 3.72. The Morgan fingerprint density at radius 1 is 1.32 bits per heavy atom. The molecule has 1 aromatic heterocycles. The van der Waals surface area contributed by atoms with Crippen molar-refractivity contribution in [3.63, 3.8) is 0 Å². The lowest BCUT2D eigenvalue weighted by molar-refractivity contribution is 0.140. The van der Waals surface area contributed by atoms with Crippen LogP contribution in [0, 0.1) is 0 Å². The fourth-order valence-corrected chi connectivity index (χ4v) is 3.72. The third kappa shape index (κ3) is 2.71. The van der Waals surface area contributed by atoms with Gasteiger partial charge in [0.25, 0.3) is 0 Å². The molecule has 4 nitrogen and oxygen atoms in total. The predicted octanol–water partition coefficient (Wildman–Crippen LogP) is 1.84. The molecule has 4 heteroatoms. The molecule has 106 valence electrons. The highest BCUT2D eigenvalue weighted by Crippen LogP contribution is 2.29. The Bertz CT molecular complexity index is 390. The average Bonchev–Trinajstić information content (AvgIpc) is 2.99. The second kappa shape index (κ2) is 5.65. The van der Waals surface area contributed by atoms with Gasteiger partial charge in [0.15, 0.2) is 0 Å². The van der Waals surface area contributed by atoms with Crippen LogP contribution in [0.15, 0.2) is 22.8 Å². The highest BCUT2D eigenvalue weighted by molar-refractivity contribution is 5.08. The van der Waals surface area contributed by atoms with Crippen LogP contribution in [-0.4, -0.2) is 48.1 Å². The van der Waals surface area contributed by atoms with Gasteiger partial charge in [-0.25, -0.2) is 0 Å². The van der Waals surface area contributed by atoms with Crippen molar-refractivity contribution in [1.82, 2.24) is 9.80 Å². The third-order valence-corrected chi connectivity index (χ3v) is 4.56. The maximum atomic E-state index is 6.23. The zero-order chi connectivity index (χ0) is 13.2. The van der Waals surface area contributed by atoms with E-state index in [4.69, 9.17) is 10.2 Å². The van der Waals surface area contributed by atoms with E-state index in [2.05, 4.69) is 22.8 Å². The van der Waals surface area contributed by atoms with Crippen LogP contribution >= 0.6 is 0 Å². The molecule has 0 aliphatic carbocycles. The van der Waals surface area contributed by atoms with E-state index in [1.807, 2.05) is 6.07 Å². The third-order valence-electron chi connectivity index (χ3n) is 4.56. The van der Waals surface area contributed by atoms with Gasteiger partial charge in [0.2, 0.25) is 0 Å². The summed E-state index contributed by atoms with van der Waals surface area (Å²) >= 11 is 0. The predicted molar refractivity (Wildman–Crippen MR) is 75.9 cm³/mol. The lowest BCUT2D eigenvalue weighted by Gasteiger charge is -2.33. The summed E-state index contributed by atoms with van der Waals surface area (Å²) in [7, 11) is 0. The minimum Gasteiger partial charge on any atom is -0.468 e. The van der Waals surface area contributed by atoms with Crippen LogP contribution < -0.4 is 5.73 Å². The molecule has 0 radical (unpaired) electrons. The topological polar surface area (TPSA) is 45.6 Å². The van der Waals surface area contributed by atoms with Crippen LogP contribution in [0.3, 0.4) is 0 Å². The fraction of sp³-hybridized carbons (Fsp3) is 0.733. The summed E-state index contributed by atoms with van der Waals surface area (Å²) in [4.78, 5) is 5.19. The Morgan fingerprint density at radius 3 is 2.89 bits per heavy atom. The second-order valence-corrected chi connectivity index (χ2v) is 6.00. The van der Waals surface area contributed by atoms with E-state index in [0.29, 0.717) is 0 Å². The lowest BCUT2D eigenvalue weighted by Crippen LogP contribution is -2.43. The number of hydrogen-bond acceptors (Lipinski definition) is 4. The van der Waals surface area contributed by atoms with Crippen molar-refractivity contribution in [3.8, 4) is 0 Å². The second-order valence-electron chi connectivity index (χ2n) is 6.00. The highest BCUT2D eigenvalue weighted by atomic mass is 16.3. The Labute approximate surface area is 115 Å². The number of rotatable bonds is 3. The number of hydrogen-bond donors (Lipinski definition) is 1. The van der Waals surface area contributed by atoms with E-state index in [9.17, 15) is 0 Å². The number of furan rings is 1. The SMILES string of the molecule is CC(N)C(c1ccco1)N1CCCN2CCCC2C1. The zero-order valence-corrected chi connectivity index (χ0v) is 11.8. The van der Waals surface area contributed by atoms with Crippen LogP contribution in [0.25, 0.3) is 0 Å². The molecule has 0 amide bonds. The highest BCUT2D eigenvalue weighted by Gasteiger charge is 2.34. The first-order valence-corrected chi connectivity index (χ1v) is 7.53. The molecule has 2 aliphatic heterocycles. The maximum absolute atomic E-state index is 6.23. The molecule has 1 aromatic rings. The summed E-state index contributed by atoms with van der Waals surface area (Å²) in [6.45, 7) is 6.87. The Morgan fingerprint density at radius 2 is 2.16 bits per heavy atom. The van der Waals surface area contributed by atoms with Gasteiger partial charge in [-0.05, 0) is 51.4 Å². The summed E-state index contributed by atoms with van der Waals surface area (Å²) in [5.74, 6) is 1.02. The van der Waals surface area contributed by atoms with Crippen molar-refractivity contribution in [3.05, 3.63) is 24.2 Å². The molecular formula is C15H25N3O. The quantitative estimate of drug-likeness (QED) is 0.904. The molecule has 3 heterocycles. The van der Waals surface area contributed by atoms with Gasteiger partial charge in [-0.2, -0.15) is 0 Å². The Kier molecular flexibility index (Phi) is 3.91. The molecule has 2 N–H and O–H groups in total. The van der Waals surface area contributed by atoms with Crippen LogP contribution in [0.2, 0.25) is 0 Å². The van der Waals surface area contributed by atoms with E-state index < -0.39 is 0 Å². The van der Waals surface area contributed by atoms with Crippen molar-refractivity contribution in [2.75, 3.05) is 26.2 Å². The van der Waals surface area contributed by atoms with Crippen molar-refractivity contribution < 1.29 is 4.42 Å². The minimum atomic E-state index is 0.0964. The molecule has 2 aliphatic rings. The molecule has 2 saturated heterocycles. The number of nitrogens with zero attached hydrogens (tertiary/aromatic N) is 2. The standard InChI is InChI=1S/C15H25N3O/c1-12(16)15(14-6-3-10-19-14)18-9-4-8-17-7-2-5-13(17)11-18/h3,6,10,12-13,15H,2,4-5,7-9,11,16H2,1H3. The molecule has 0 saturated carbocycles. The Hall–Kier alpha value is -0.840. The van der Waals surface area contributed by atoms with E-state index in [1.165, 1.54) is 32.4 Å². The van der Waals surface area contributed by atoms with Crippen molar-refractivity contribution >= 4 is 0 Å². The summed E-state index contributed by atoms with van der Waals surface area (Å²) in [6.07, 6.45) is 5.67. The van der Waals surface area contributed by atoms with Crippen molar-refractivity contribution in [1.29, 1.82) is 0 Å². The summed E-state index contributed by atoms with van der Waals surface area (Å²) in [5.41, 5.74) is 6.23. The zero-order valence-electron chi connectivity index (χ0n) is 11.8. The minimum absolute atomic E-state index is 0.0964. The van der Waals surface area contributed by atoms with Crippen LogP contribution in [0.4, 0.5) is 0 Å². The van der Waals surface area contributed by atoms with Gasteiger partial charge < -0.3 is 10.2 Å². The normalized spacial score (nSPS) is 28.8. The summed E-state index contributed by atoms with van der Waals surface area (Å²) in [5, 5.41) is 0. The first-order valence-electron chi connectivity index (χ1n) is 7.53. The van der Waals surface area contributed by atoms with E-state index >= 15 is 0 Å².